The molecule has 0 heterocycles. The smallest absolute Gasteiger partial charge is 0.306 e. The second-order valence-corrected chi connectivity index (χ2v) is 4.83. The number of carbonyl (C=O) groups is 2. The molecule has 1 aliphatic carbocycles. The largest absolute Gasteiger partial charge is 0.481 e. The van der Waals surface area contributed by atoms with Crippen molar-refractivity contribution in [1.82, 2.24) is 5.32 Å². The standard InChI is InChI=1S/C14H17NO3/c1-9-4-2-3-5-12(9)13(16)15-11-7-6-10(8-11)14(17)18/h2-5,10-11H,6-8H2,1H3,(H,15,16)(H,17,18)/t10-,11+/m1/s1. The summed E-state index contributed by atoms with van der Waals surface area (Å²) in [5, 5.41) is 11.8. The minimum Gasteiger partial charge on any atom is -0.481 e. The molecule has 1 fully saturated rings. The van der Waals surface area contributed by atoms with Crippen molar-refractivity contribution in [3.8, 4) is 0 Å². The van der Waals surface area contributed by atoms with Gasteiger partial charge in [-0.25, -0.2) is 0 Å². The number of aryl methyl sites for hydroxylation is 1. The van der Waals surface area contributed by atoms with Crippen molar-refractivity contribution in [1.29, 1.82) is 0 Å². The van der Waals surface area contributed by atoms with E-state index >= 15 is 0 Å². The van der Waals surface area contributed by atoms with Crippen LogP contribution in [0.15, 0.2) is 24.3 Å². The Balaban J connectivity index is 1.97. The van der Waals surface area contributed by atoms with Gasteiger partial charge in [0, 0.05) is 11.6 Å². The van der Waals surface area contributed by atoms with Gasteiger partial charge in [0.25, 0.3) is 5.91 Å². The molecule has 0 bridgehead atoms. The third kappa shape index (κ3) is 2.70. The van der Waals surface area contributed by atoms with Crippen LogP contribution in [0.3, 0.4) is 0 Å². The average molecular weight is 247 g/mol. The van der Waals surface area contributed by atoms with E-state index in [2.05, 4.69) is 5.32 Å². The van der Waals surface area contributed by atoms with E-state index in [4.69, 9.17) is 5.11 Å². The molecule has 0 unspecified atom stereocenters. The van der Waals surface area contributed by atoms with Gasteiger partial charge in [-0.3, -0.25) is 9.59 Å². The molecular formula is C14H17NO3. The van der Waals surface area contributed by atoms with Crippen LogP contribution in [0.5, 0.6) is 0 Å². The van der Waals surface area contributed by atoms with Crippen LogP contribution in [0.1, 0.15) is 35.2 Å². The number of hydrogen-bond donors (Lipinski definition) is 2. The molecule has 0 aliphatic heterocycles. The number of carboxylic acids is 1. The summed E-state index contributed by atoms with van der Waals surface area (Å²) in [7, 11) is 0. The molecule has 0 aromatic heterocycles. The average Bonchev–Trinajstić information content (AvgIpc) is 2.78. The molecule has 0 radical (unpaired) electrons. The van der Waals surface area contributed by atoms with Gasteiger partial charge in [0.05, 0.1) is 5.92 Å². The van der Waals surface area contributed by atoms with Crippen LogP contribution in [-0.2, 0) is 4.79 Å². The van der Waals surface area contributed by atoms with Gasteiger partial charge in [0.1, 0.15) is 0 Å². The Morgan fingerprint density at radius 2 is 2.00 bits per heavy atom. The van der Waals surface area contributed by atoms with E-state index in [1.807, 2.05) is 25.1 Å². The van der Waals surface area contributed by atoms with E-state index < -0.39 is 5.97 Å². The SMILES string of the molecule is Cc1ccccc1C(=O)N[C@H]1CC[C@@H](C(=O)O)C1. The fraction of sp³-hybridized carbons (Fsp3) is 0.429. The summed E-state index contributed by atoms with van der Waals surface area (Å²) in [5.74, 6) is -1.18. The lowest BCUT2D eigenvalue weighted by molar-refractivity contribution is -0.141. The maximum atomic E-state index is 12.0. The third-order valence-electron chi connectivity index (χ3n) is 3.51. The number of nitrogens with one attached hydrogen (secondary N) is 1. The summed E-state index contributed by atoms with van der Waals surface area (Å²) in [6, 6.07) is 7.38. The Labute approximate surface area is 106 Å². The molecular weight excluding hydrogens is 230 g/mol. The predicted molar refractivity (Wildman–Crippen MR) is 67.4 cm³/mol. The topological polar surface area (TPSA) is 66.4 Å². The lowest BCUT2D eigenvalue weighted by Crippen LogP contribution is -2.33. The highest BCUT2D eigenvalue weighted by molar-refractivity contribution is 5.95. The molecule has 0 spiro atoms. The molecule has 18 heavy (non-hydrogen) atoms. The first-order chi connectivity index (χ1) is 8.58. The summed E-state index contributed by atoms with van der Waals surface area (Å²) in [6.07, 6.45) is 1.93. The van der Waals surface area contributed by atoms with E-state index in [0.717, 1.165) is 12.0 Å². The molecule has 0 saturated heterocycles. The van der Waals surface area contributed by atoms with E-state index in [1.54, 1.807) is 6.07 Å². The maximum Gasteiger partial charge on any atom is 0.306 e. The highest BCUT2D eigenvalue weighted by Crippen LogP contribution is 2.26. The number of hydrogen-bond acceptors (Lipinski definition) is 2. The molecule has 4 nitrogen and oxygen atoms in total. The van der Waals surface area contributed by atoms with Crippen molar-refractivity contribution < 1.29 is 14.7 Å². The molecule has 1 aromatic carbocycles. The van der Waals surface area contributed by atoms with Crippen LogP contribution in [0.25, 0.3) is 0 Å². The van der Waals surface area contributed by atoms with Gasteiger partial charge in [-0.05, 0) is 37.8 Å². The quantitative estimate of drug-likeness (QED) is 0.858. The van der Waals surface area contributed by atoms with Gasteiger partial charge in [0.15, 0.2) is 0 Å². The monoisotopic (exact) mass is 247 g/mol. The Kier molecular flexibility index (Phi) is 3.65. The zero-order valence-corrected chi connectivity index (χ0v) is 10.3. The van der Waals surface area contributed by atoms with Gasteiger partial charge in [-0.15, -0.1) is 0 Å². The first kappa shape index (κ1) is 12.6. The summed E-state index contributed by atoms with van der Waals surface area (Å²) in [5.41, 5.74) is 1.60. The lowest BCUT2D eigenvalue weighted by atomic mass is 10.1. The van der Waals surface area contributed by atoms with Crippen LogP contribution in [0, 0.1) is 12.8 Å². The molecule has 1 aromatic rings. The maximum absolute atomic E-state index is 12.0. The minimum absolute atomic E-state index is 0.0155. The zero-order valence-electron chi connectivity index (χ0n) is 10.3. The molecule has 4 heteroatoms. The van der Waals surface area contributed by atoms with Crippen molar-refractivity contribution in [3.05, 3.63) is 35.4 Å². The Morgan fingerprint density at radius 1 is 1.28 bits per heavy atom. The zero-order chi connectivity index (χ0) is 13.1. The predicted octanol–water partition coefficient (Wildman–Crippen LogP) is 1.98. The number of benzene rings is 1. The van der Waals surface area contributed by atoms with E-state index in [9.17, 15) is 9.59 Å². The Morgan fingerprint density at radius 3 is 2.61 bits per heavy atom. The first-order valence-corrected chi connectivity index (χ1v) is 6.17. The van der Waals surface area contributed by atoms with Gasteiger partial charge in [-0.1, -0.05) is 18.2 Å². The normalized spacial score (nSPS) is 22.7. The number of aliphatic carboxylic acids is 1. The number of carboxylic acid groups (broad SMARTS) is 1. The molecule has 1 saturated carbocycles. The molecule has 2 N–H and O–H groups in total. The summed E-state index contributed by atoms with van der Waals surface area (Å²) in [4.78, 5) is 22.9. The van der Waals surface area contributed by atoms with Crippen LogP contribution >= 0.6 is 0 Å². The summed E-state index contributed by atoms with van der Waals surface area (Å²) in [6.45, 7) is 1.89. The van der Waals surface area contributed by atoms with Crippen molar-refractivity contribution in [3.63, 3.8) is 0 Å². The van der Waals surface area contributed by atoms with Gasteiger partial charge in [0.2, 0.25) is 0 Å². The molecule has 2 atom stereocenters. The highest BCUT2D eigenvalue weighted by Gasteiger charge is 2.30. The van der Waals surface area contributed by atoms with Crippen LogP contribution in [0.2, 0.25) is 0 Å². The fourth-order valence-electron chi connectivity index (χ4n) is 2.43. The number of amides is 1. The van der Waals surface area contributed by atoms with Crippen LogP contribution in [-0.4, -0.2) is 23.0 Å². The van der Waals surface area contributed by atoms with Crippen molar-refractivity contribution in [2.75, 3.05) is 0 Å². The highest BCUT2D eigenvalue weighted by atomic mass is 16.4. The molecule has 96 valence electrons. The summed E-state index contributed by atoms with van der Waals surface area (Å²) >= 11 is 0. The second kappa shape index (κ2) is 5.21. The molecule has 1 amide bonds. The van der Waals surface area contributed by atoms with Crippen molar-refractivity contribution >= 4 is 11.9 Å². The number of carbonyl (C=O) groups excluding carboxylic acids is 1. The van der Waals surface area contributed by atoms with E-state index in [-0.39, 0.29) is 17.9 Å². The van der Waals surface area contributed by atoms with E-state index in [1.165, 1.54) is 0 Å². The third-order valence-corrected chi connectivity index (χ3v) is 3.51. The van der Waals surface area contributed by atoms with Gasteiger partial charge in [-0.2, -0.15) is 0 Å². The van der Waals surface area contributed by atoms with Crippen molar-refractivity contribution in [2.45, 2.75) is 32.2 Å². The fourth-order valence-corrected chi connectivity index (χ4v) is 2.43. The Hall–Kier alpha value is -1.84. The first-order valence-electron chi connectivity index (χ1n) is 6.17. The lowest BCUT2D eigenvalue weighted by Gasteiger charge is -2.13. The van der Waals surface area contributed by atoms with Crippen molar-refractivity contribution in [2.24, 2.45) is 5.92 Å². The minimum atomic E-state index is -0.761. The van der Waals surface area contributed by atoms with Crippen LogP contribution < -0.4 is 5.32 Å². The molecule has 1 aliphatic rings. The van der Waals surface area contributed by atoms with Crippen LogP contribution in [0.4, 0.5) is 0 Å². The van der Waals surface area contributed by atoms with E-state index in [0.29, 0.717) is 18.4 Å². The summed E-state index contributed by atoms with van der Waals surface area (Å²) < 4.78 is 0. The van der Waals surface area contributed by atoms with Gasteiger partial charge < -0.3 is 10.4 Å². The molecule has 2 rings (SSSR count). The van der Waals surface area contributed by atoms with Gasteiger partial charge >= 0.3 is 5.97 Å². The number of rotatable bonds is 3. The second-order valence-electron chi connectivity index (χ2n) is 4.83. The Bertz CT molecular complexity index is 470.